The second-order valence-corrected chi connectivity index (χ2v) is 5.94. The minimum Gasteiger partial charge on any atom is -0.485 e. The number of hydrogen-bond donors (Lipinski definition) is 1. The van der Waals surface area contributed by atoms with Crippen molar-refractivity contribution in [3.8, 4) is 5.75 Å². The SMILES string of the molecule is Cc1cccnc1C(C)NC(=O)c1cc(COc2ccc(F)c(F)c2)on1. The van der Waals surface area contributed by atoms with Gasteiger partial charge in [0.1, 0.15) is 12.4 Å². The van der Waals surface area contributed by atoms with Crippen LogP contribution in [0.5, 0.6) is 5.75 Å². The number of aryl methyl sites for hydroxylation is 1. The molecule has 0 aliphatic carbocycles. The zero-order valence-electron chi connectivity index (χ0n) is 14.7. The summed E-state index contributed by atoms with van der Waals surface area (Å²) in [6, 6.07) is 8.03. The third kappa shape index (κ3) is 4.46. The first-order valence-electron chi connectivity index (χ1n) is 8.20. The molecule has 0 saturated heterocycles. The van der Waals surface area contributed by atoms with Crippen molar-refractivity contribution in [3.05, 3.63) is 76.9 Å². The van der Waals surface area contributed by atoms with Crippen molar-refractivity contribution < 1.29 is 22.8 Å². The molecule has 6 nitrogen and oxygen atoms in total. The summed E-state index contributed by atoms with van der Waals surface area (Å²) in [4.78, 5) is 16.6. The van der Waals surface area contributed by atoms with Crippen molar-refractivity contribution in [3.63, 3.8) is 0 Å². The zero-order chi connectivity index (χ0) is 19.4. The first-order chi connectivity index (χ1) is 12.9. The van der Waals surface area contributed by atoms with Crippen LogP contribution in [-0.2, 0) is 6.61 Å². The van der Waals surface area contributed by atoms with E-state index in [4.69, 9.17) is 9.26 Å². The Labute approximate surface area is 154 Å². The number of halogens is 2. The van der Waals surface area contributed by atoms with E-state index in [1.54, 1.807) is 6.20 Å². The highest BCUT2D eigenvalue weighted by atomic mass is 19.2. The lowest BCUT2D eigenvalue weighted by Gasteiger charge is -2.14. The van der Waals surface area contributed by atoms with Crippen LogP contribution in [0, 0.1) is 18.6 Å². The highest BCUT2D eigenvalue weighted by Gasteiger charge is 2.18. The highest BCUT2D eigenvalue weighted by Crippen LogP contribution is 2.18. The predicted octanol–water partition coefficient (Wildman–Crippen LogP) is 3.73. The summed E-state index contributed by atoms with van der Waals surface area (Å²) in [6.07, 6.45) is 1.66. The van der Waals surface area contributed by atoms with Crippen LogP contribution < -0.4 is 10.1 Å². The van der Waals surface area contributed by atoms with Gasteiger partial charge >= 0.3 is 0 Å². The van der Waals surface area contributed by atoms with Gasteiger partial charge in [0.25, 0.3) is 5.91 Å². The van der Waals surface area contributed by atoms with Gasteiger partial charge < -0.3 is 14.6 Å². The van der Waals surface area contributed by atoms with E-state index in [1.165, 1.54) is 12.1 Å². The van der Waals surface area contributed by atoms with Gasteiger partial charge in [-0.1, -0.05) is 11.2 Å². The molecular weight excluding hydrogens is 356 g/mol. The van der Waals surface area contributed by atoms with Gasteiger partial charge in [-0.15, -0.1) is 0 Å². The third-order valence-corrected chi connectivity index (χ3v) is 3.87. The largest absolute Gasteiger partial charge is 0.485 e. The molecule has 1 N–H and O–H groups in total. The van der Waals surface area contributed by atoms with E-state index in [1.807, 2.05) is 26.0 Å². The molecule has 0 spiro atoms. The van der Waals surface area contributed by atoms with Crippen molar-refractivity contribution in [1.82, 2.24) is 15.5 Å². The van der Waals surface area contributed by atoms with Crippen molar-refractivity contribution >= 4 is 5.91 Å². The molecule has 0 aliphatic heterocycles. The number of rotatable bonds is 6. The van der Waals surface area contributed by atoms with Crippen LogP contribution in [0.1, 0.15) is 40.5 Å². The number of hydrogen-bond acceptors (Lipinski definition) is 5. The molecule has 0 aliphatic rings. The van der Waals surface area contributed by atoms with Crippen molar-refractivity contribution in [1.29, 1.82) is 0 Å². The Morgan fingerprint density at radius 2 is 2.07 bits per heavy atom. The minimum atomic E-state index is -1.01. The standard InChI is InChI=1S/C19H17F2N3O3/c1-11-4-3-7-22-18(11)12(2)23-19(25)17-9-14(27-24-17)10-26-13-5-6-15(20)16(21)8-13/h3-9,12H,10H2,1-2H3,(H,23,25). The maximum Gasteiger partial charge on any atom is 0.274 e. The molecule has 1 unspecified atom stereocenters. The molecule has 1 amide bonds. The van der Waals surface area contributed by atoms with Gasteiger partial charge in [-0.3, -0.25) is 9.78 Å². The number of benzene rings is 1. The highest BCUT2D eigenvalue weighted by molar-refractivity contribution is 5.92. The lowest BCUT2D eigenvalue weighted by atomic mass is 10.1. The number of nitrogens with zero attached hydrogens (tertiary/aromatic N) is 2. The quantitative estimate of drug-likeness (QED) is 0.712. The molecule has 0 saturated carbocycles. The van der Waals surface area contributed by atoms with Crippen LogP contribution in [0.2, 0.25) is 0 Å². The molecule has 140 valence electrons. The Bertz CT molecular complexity index is 959. The summed E-state index contributed by atoms with van der Waals surface area (Å²) in [5.41, 5.74) is 1.81. The monoisotopic (exact) mass is 373 g/mol. The number of carbonyl (C=O) groups excluding carboxylic acids is 1. The molecule has 8 heteroatoms. The molecule has 0 bridgehead atoms. The van der Waals surface area contributed by atoms with Gasteiger partial charge in [0.2, 0.25) is 0 Å². The number of pyridine rings is 1. The van der Waals surface area contributed by atoms with Crippen molar-refractivity contribution in [2.75, 3.05) is 0 Å². The maximum atomic E-state index is 13.2. The molecule has 2 aromatic heterocycles. The second kappa shape index (κ2) is 7.94. The molecule has 3 aromatic rings. The first kappa shape index (κ1) is 18.5. The first-order valence-corrected chi connectivity index (χ1v) is 8.20. The van der Waals surface area contributed by atoms with E-state index < -0.39 is 17.5 Å². The van der Waals surface area contributed by atoms with Crippen LogP contribution in [0.4, 0.5) is 8.78 Å². The molecule has 2 heterocycles. The number of amides is 1. The summed E-state index contributed by atoms with van der Waals surface area (Å²) in [6.45, 7) is 3.65. The van der Waals surface area contributed by atoms with Gasteiger partial charge in [-0.25, -0.2) is 8.78 Å². The van der Waals surface area contributed by atoms with E-state index in [-0.39, 0.29) is 29.9 Å². The van der Waals surface area contributed by atoms with Crippen LogP contribution in [0.25, 0.3) is 0 Å². The summed E-state index contributed by atoms with van der Waals surface area (Å²) in [7, 11) is 0. The van der Waals surface area contributed by atoms with Crippen LogP contribution in [0.15, 0.2) is 47.1 Å². The topological polar surface area (TPSA) is 77.2 Å². The molecule has 1 aromatic carbocycles. The van der Waals surface area contributed by atoms with Crippen molar-refractivity contribution in [2.45, 2.75) is 26.5 Å². The Hall–Kier alpha value is -3.29. The lowest BCUT2D eigenvalue weighted by Crippen LogP contribution is -2.28. The molecular formula is C19H17F2N3O3. The average molecular weight is 373 g/mol. The fourth-order valence-electron chi connectivity index (χ4n) is 2.50. The Morgan fingerprint density at radius 3 is 2.81 bits per heavy atom. The number of carbonyl (C=O) groups is 1. The van der Waals surface area contributed by atoms with E-state index in [0.29, 0.717) is 0 Å². The smallest absolute Gasteiger partial charge is 0.274 e. The fraction of sp³-hybridized carbons (Fsp3) is 0.211. The Balaban J connectivity index is 1.60. The molecule has 27 heavy (non-hydrogen) atoms. The van der Waals surface area contributed by atoms with Crippen LogP contribution in [-0.4, -0.2) is 16.0 Å². The molecule has 1 atom stereocenters. The van der Waals surface area contributed by atoms with Gasteiger partial charge in [0, 0.05) is 18.3 Å². The van der Waals surface area contributed by atoms with Gasteiger partial charge in [0.05, 0.1) is 11.7 Å². The summed E-state index contributed by atoms with van der Waals surface area (Å²) < 4.78 is 36.4. The predicted molar refractivity (Wildman–Crippen MR) is 92.0 cm³/mol. The lowest BCUT2D eigenvalue weighted by molar-refractivity contribution is 0.0929. The molecule has 0 radical (unpaired) electrons. The van der Waals surface area contributed by atoms with Crippen molar-refractivity contribution in [2.24, 2.45) is 0 Å². The molecule has 0 fully saturated rings. The Morgan fingerprint density at radius 1 is 1.26 bits per heavy atom. The average Bonchev–Trinajstić information content (AvgIpc) is 3.12. The van der Waals surface area contributed by atoms with E-state index in [0.717, 1.165) is 23.4 Å². The van der Waals surface area contributed by atoms with E-state index in [2.05, 4.69) is 15.5 Å². The number of ether oxygens (including phenoxy) is 1. The fourth-order valence-corrected chi connectivity index (χ4v) is 2.50. The van der Waals surface area contributed by atoms with Crippen LogP contribution >= 0.6 is 0 Å². The summed E-state index contributed by atoms with van der Waals surface area (Å²) in [5.74, 6) is -1.99. The summed E-state index contributed by atoms with van der Waals surface area (Å²) in [5, 5.41) is 6.51. The van der Waals surface area contributed by atoms with Gasteiger partial charge in [-0.2, -0.15) is 0 Å². The number of aromatic nitrogens is 2. The van der Waals surface area contributed by atoms with Gasteiger partial charge in [0.15, 0.2) is 23.1 Å². The minimum absolute atomic E-state index is 0.0827. The third-order valence-electron chi connectivity index (χ3n) is 3.87. The Kier molecular flexibility index (Phi) is 5.44. The van der Waals surface area contributed by atoms with Gasteiger partial charge in [-0.05, 0) is 37.6 Å². The van der Waals surface area contributed by atoms with Crippen LogP contribution in [0.3, 0.4) is 0 Å². The zero-order valence-corrected chi connectivity index (χ0v) is 14.7. The normalized spacial score (nSPS) is 11.9. The summed E-state index contributed by atoms with van der Waals surface area (Å²) >= 11 is 0. The van der Waals surface area contributed by atoms with E-state index >= 15 is 0 Å². The molecule has 3 rings (SSSR count). The number of nitrogens with one attached hydrogen (secondary N) is 1. The second-order valence-electron chi connectivity index (χ2n) is 5.94. The van der Waals surface area contributed by atoms with E-state index in [9.17, 15) is 13.6 Å². The maximum absolute atomic E-state index is 13.2.